The molecule has 3 aliphatic rings. The van der Waals surface area contributed by atoms with Crippen molar-refractivity contribution < 1.29 is 14.3 Å². The molecule has 1 saturated carbocycles. The van der Waals surface area contributed by atoms with Crippen LogP contribution in [0.4, 0.5) is 4.79 Å². The van der Waals surface area contributed by atoms with Gasteiger partial charge in [0, 0.05) is 13.6 Å². The molecule has 138 valence electrons. The summed E-state index contributed by atoms with van der Waals surface area (Å²) in [6, 6.07) is 0.00172. The van der Waals surface area contributed by atoms with E-state index >= 15 is 0 Å². The fourth-order valence-electron chi connectivity index (χ4n) is 4.56. The SMILES string of the molecule is CCOC(=O)C1(N2CC3(CCNCC3)N(C)C2=O)CCCCC1.Cl. The van der Waals surface area contributed by atoms with Gasteiger partial charge in [0.15, 0.2) is 0 Å². The summed E-state index contributed by atoms with van der Waals surface area (Å²) in [6.45, 7) is 4.72. The molecule has 6 nitrogen and oxygen atoms in total. The molecule has 2 saturated heterocycles. The van der Waals surface area contributed by atoms with Crippen LogP contribution in [0.15, 0.2) is 0 Å². The highest BCUT2D eigenvalue weighted by Gasteiger charge is 2.57. The lowest BCUT2D eigenvalue weighted by Gasteiger charge is -2.42. The molecule has 7 heteroatoms. The van der Waals surface area contributed by atoms with Gasteiger partial charge in [0.1, 0.15) is 5.54 Å². The summed E-state index contributed by atoms with van der Waals surface area (Å²) in [7, 11) is 1.90. The van der Waals surface area contributed by atoms with E-state index in [1.165, 1.54) is 0 Å². The van der Waals surface area contributed by atoms with Gasteiger partial charge in [-0.25, -0.2) is 9.59 Å². The maximum atomic E-state index is 13.0. The number of carbonyl (C=O) groups is 2. The van der Waals surface area contributed by atoms with Gasteiger partial charge in [-0.2, -0.15) is 0 Å². The topological polar surface area (TPSA) is 61.9 Å². The average molecular weight is 360 g/mol. The molecule has 0 aromatic heterocycles. The Morgan fingerprint density at radius 2 is 1.79 bits per heavy atom. The highest BCUT2D eigenvalue weighted by atomic mass is 35.5. The number of rotatable bonds is 3. The lowest BCUT2D eigenvalue weighted by Crippen LogP contribution is -2.58. The molecule has 1 aliphatic carbocycles. The summed E-state index contributed by atoms with van der Waals surface area (Å²) in [5.74, 6) is -0.201. The smallest absolute Gasteiger partial charge is 0.332 e. The van der Waals surface area contributed by atoms with Crippen molar-refractivity contribution in [2.45, 2.75) is 62.9 Å². The van der Waals surface area contributed by atoms with Gasteiger partial charge in [-0.1, -0.05) is 19.3 Å². The first-order chi connectivity index (χ1) is 11.1. The summed E-state index contributed by atoms with van der Waals surface area (Å²) in [6.07, 6.45) is 6.48. The van der Waals surface area contributed by atoms with Crippen LogP contribution in [0.2, 0.25) is 0 Å². The largest absolute Gasteiger partial charge is 0.464 e. The zero-order valence-corrected chi connectivity index (χ0v) is 15.6. The maximum absolute atomic E-state index is 13.0. The molecule has 1 spiro atoms. The van der Waals surface area contributed by atoms with E-state index in [2.05, 4.69) is 5.32 Å². The lowest BCUT2D eigenvalue weighted by molar-refractivity contribution is -0.158. The molecule has 0 unspecified atom stereocenters. The van der Waals surface area contributed by atoms with E-state index in [1.54, 1.807) is 0 Å². The van der Waals surface area contributed by atoms with Gasteiger partial charge in [-0.3, -0.25) is 0 Å². The standard InChI is InChI=1S/C17H29N3O3.ClH/c1-3-23-14(21)17(7-5-4-6-8-17)20-13-16(19(2)15(20)22)9-11-18-12-10-16;/h18H,3-13H2,1-2H3;1H. The highest BCUT2D eigenvalue weighted by molar-refractivity contribution is 5.89. The highest BCUT2D eigenvalue weighted by Crippen LogP contribution is 2.42. The van der Waals surface area contributed by atoms with Crippen LogP contribution in [-0.4, -0.2) is 66.2 Å². The third-order valence-corrected chi connectivity index (χ3v) is 6.07. The Hall–Kier alpha value is -1.01. The molecule has 24 heavy (non-hydrogen) atoms. The van der Waals surface area contributed by atoms with Gasteiger partial charge < -0.3 is 19.9 Å². The minimum Gasteiger partial charge on any atom is -0.464 e. The third-order valence-electron chi connectivity index (χ3n) is 6.07. The minimum absolute atomic E-state index is 0. The number of urea groups is 1. The second-order valence-electron chi connectivity index (χ2n) is 7.21. The number of nitrogens with one attached hydrogen (secondary N) is 1. The first kappa shape index (κ1) is 19.3. The van der Waals surface area contributed by atoms with Crippen LogP contribution in [0.25, 0.3) is 0 Å². The molecular formula is C17H30ClN3O3. The van der Waals surface area contributed by atoms with Crippen molar-refractivity contribution in [1.82, 2.24) is 15.1 Å². The maximum Gasteiger partial charge on any atom is 0.332 e. The molecule has 2 amide bonds. The van der Waals surface area contributed by atoms with Gasteiger partial charge in [0.05, 0.1) is 12.1 Å². The molecule has 0 radical (unpaired) electrons. The number of halogens is 1. The molecule has 3 rings (SSSR count). The zero-order chi connectivity index (χ0) is 16.5. The first-order valence-corrected chi connectivity index (χ1v) is 8.99. The summed E-state index contributed by atoms with van der Waals surface area (Å²) in [5, 5.41) is 3.37. The van der Waals surface area contributed by atoms with Crippen LogP contribution >= 0.6 is 12.4 Å². The minimum atomic E-state index is -0.742. The van der Waals surface area contributed by atoms with Gasteiger partial charge in [-0.05, 0) is 45.7 Å². The number of nitrogens with zero attached hydrogens (tertiary/aromatic N) is 2. The summed E-state index contributed by atoms with van der Waals surface area (Å²) in [4.78, 5) is 29.5. The number of piperidine rings is 1. The number of amides is 2. The van der Waals surface area contributed by atoms with Crippen molar-refractivity contribution in [2.24, 2.45) is 0 Å². The van der Waals surface area contributed by atoms with Crippen molar-refractivity contribution in [2.75, 3.05) is 33.3 Å². The monoisotopic (exact) mass is 359 g/mol. The molecule has 0 bridgehead atoms. The van der Waals surface area contributed by atoms with Crippen LogP contribution in [0, 0.1) is 0 Å². The molecule has 3 fully saturated rings. The number of likely N-dealkylation sites (N-methyl/N-ethyl adjacent to an activating group) is 1. The van der Waals surface area contributed by atoms with Crippen molar-refractivity contribution in [3.8, 4) is 0 Å². The Bertz CT molecular complexity index is 474. The summed E-state index contributed by atoms with van der Waals surface area (Å²) < 4.78 is 5.39. The predicted octanol–water partition coefficient (Wildman–Crippen LogP) is 2.16. The molecular weight excluding hydrogens is 330 g/mol. The number of hydrogen-bond donors (Lipinski definition) is 1. The van der Waals surface area contributed by atoms with E-state index in [4.69, 9.17) is 4.74 Å². The molecule has 0 atom stereocenters. The Balaban J connectivity index is 0.00000208. The second-order valence-corrected chi connectivity index (χ2v) is 7.21. The fourth-order valence-corrected chi connectivity index (χ4v) is 4.56. The first-order valence-electron chi connectivity index (χ1n) is 8.99. The quantitative estimate of drug-likeness (QED) is 0.784. The summed E-state index contributed by atoms with van der Waals surface area (Å²) in [5.41, 5.74) is -0.868. The van der Waals surface area contributed by atoms with Crippen molar-refractivity contribution in [3.05, 3.63) is 0 Å². The number of hydrogen-bond acceptors (Lipinski definition) is 4. The normalized spacial score (nSPS) is 25.5. The molecule has 0 aromatic carbocycles. The Kier molecular flexibility index (Phi) is 6.02. The Labute approximate surface area is 150 Å². The van der Waals surface area contributed by atoms with Crippen LogP contribution in [0.3, 0.4) is 0 Å². The second kappa shape index (κ2) is 7.48. The number of ether oxygens (including phenoxy) is 1. The van der Waals surface area contributed by atoms with Gasteiger partial charge in [0.2, 0.25) is 0 Å². The van der Waals surface area contributed by atoms with Crippen LogP contribution in [0.5, 0.6) is 0 Å². The fraction of sp³-hybridized carbons (Fsp3) is 0.882. The lowest BCUT2D eigenvalue weighted by atomic mass is 9.79. The van der Waals surface area contributed by atoms with E-state index in [9.17, 15) is 9.59 Å². The molecule has 2 heterocycles. The van der Waals surface area contributed by atoms with Gasteiger partial charge in [0.25, 0.3) is 0 Å². The van der Waals surface area contributed by atoms with E-state index < -0.39 is 5.54 Å². The molecule has 2 aliphatic heterocycles. The Morgan fingerprint density at radius 3 is 2.38 bits per heavy atom. The Morgan fingerprint density at radius 1 is 1.17 bits per heavy atom. The molecule has 0 aromatic rings. The molecule has 1 N–H and O–H groups in total. The van der Waals surface area contributed by atoms with Crippen LogP contribution < -0.4 is 5.32 Å². The predicted molar refractivity (Wildman–Crippen MR) is 94.4 cm³/mol. The van der Waals surface area contributed by atoms with Crippen molar-refractivity contribution >= 4 is 24.4 Å². The van der Waals surface area contributed by atoms with Crippen molar-refractivity contribution in [3.63, 3.8) is 0 Å². The van der Waals surface area contributed by atoms with E-state index in [1.807, 2.05) is 23.8 Å². The van der Waals surface area contributed by atoms with E-state index in [0.29, 0.717) is 13.2 Å². The van der Waals surface area contributed by atoms with E-state index in [-0.39, 0.29) is 29.9 Å². The van der Waals surface area contributed by atoms with Crippen LogP contribution in [-0.2, 0) is 9.53 Å². The summed E-state index contributed by atoms with van der Waals surface area (Å²) >= 11 is 0. The average Bonchev–Trinajstić information content (AvgIpc) is 2.82. The number of esters is 1. The third kappa shape index (κ3) is 2.99. The number of carbonyl (C=O) groups excluding carboxylic acids is 2. The van der Waals surface area contributed by atoms with Crippen LogP contribution in [0.1, 0.15) is 51.9 Å². The van der Waals surface area contributed by atoms with Gasteiger partial charge >= 0.3 is 12.0 Å². The van der Waals surface area contributed by atoms with E-state index in [0.717, 1.165) is 58.0 Å². The van der Waals surface area contributed by atoms with Crippen molar-refractivity contribution in [1.29, 1.82) is 0 Å². The zero-order valence-electron chi connectivity index (χ0n) is 14.8. The van der Waals surface area contributed by atoms with Gasteiger partial charge in [-0.15, -0.1) is 12.4 Å².